The fraction of sp³-hybridized carbons (Fsp3) is 0.167. The molecule has 28 heavy (non-hydrogen) atoms. The molecule has 3 rings (SSSR count). The Morgan fingerprint density at radius 1 is 0.536 bits per heavy atom. The summed E-state index contributed by atoms with van der Waals surface area (Å²) in [5, 5.41) is 5.71. The van der Waals surface area contributed by atoms with Crippen LogP contribution in [-0.2, 0) is 9.59 Å². The van der Waals surface area contributed by atoms with Gasteiger partial charge in [0.1, 0.15) is 0 Å². The van der Waals surface area contributed by atoms with E-state index >= 15 is 0 Å². The smallest absolute Gasteiger partial charge is 0.224 e. The minimum absolute atomic E-state index is 0.0115. The molecule has 0 bridgehead atoms. The van der Waals surface area contributed by atoms with Crippen LogP contribution in [0.3, 0.4) is 0 Å². The van der Waals surface area contributed by atoms with Gasteiger partial charge in [-0.1, -0.05) is 62.4 Å². The third kappa shape index (κ3) is 4.86. The number of hydrogen-bond acceptors (Lipinski definition) is 2. The van der Waals surface area contributed by atoms with Crippen molar-refractivity contribution in [2.75, 3.05) is 10.6 Å². The molecule has 0 aliphatic carbocycles. The topological polar surface area (TPSA) is 58.2 Å². The molecule has 0 fully saturated rings. The monoisotopic (exact) mass is 372 g/mol. The van der Waals surface area contributed by atoms with E-state index in [0.717, 1.165) is 33.6 Å². The van der Waals surface area contributed by atoms with Gasteiger partial charge in [0.15, 0.2) is 0 Å². The van der Waals surface area contributed by atoms with E-state index in [1.54, 1.807) is 0 Å². The summed E-state index contributed by atoms with van der Waals surface area (Å²) in [5.74, 6) is 0.0229. The van der Waals surface area contributed by atoms with Crippen molar-refractivity contribution in [1.29, 1.82) is 0 Å². The molecule has 3 aromatic carbocycles. The highest BCUT2D eigenvalue weighted by Crippen LogP contribution is 2.26. The average Bonchev–Trinajstić information content (AvgIpc) is 2.75. The van der Waals surface area contributed by atoms with Crippen molar-refractivity contribution in [3.63, 3.8) is 0 Å². The molecule has 0 saturated heterocycles. The van der Waals surface area contributed by atoms with Gasteiger partial charge in [-0.15, -0.1) is 0 Å². The summed E-state index contributed by atoms with van der Waals surface area (Å²) in [4.78, 5) is 22.9. The molecule has 0 saturated carbocycles. The van der Waals surface area contributed by atoms with Crippen LogP contribution in [0.25, 0.3) is 22.3 Å². The van der Waals surface area contributed by atoms with Crippen LogP contribution in [0.2, 0.25) is 0 Å². The summed E-state index contributed by atoms with van der Waals surface area (Å²) in [6.45, 7) is 3.67. The Labute approximate surface area is 165 Å². The van der Waals surface area contributed by atoms with E-state index in [4.69, 9.17) is 0 Å². The van der Waals surface area contributed by atoms with Gasteiger partial charge in [0.25, 0.3) is 0 Å². The molecule has 0 atom stereocenters. The molecule has 2 N–H and O–H groups in total. The fourth-order valence-corrected chi connectivity index (χ4v) is 2.85. The van der Waals surface area contributed by atoms with Crippen molar-refractivity contribution in [1.82, 2.24) is 0 Å². The van der Waals surface area contributed by atoms with Crippen LogP contribution >= 0.6 is 0 Å². The standard InChI is InChI=1S/C24H24N2O2/c1-3-23(27)25-21-13-9-19(10-14-21)17-5-7-18(8-6-17)20-11-15-22(16-12-20)26-24(28)4-2/h5-16H,3-4H2,1-2H3,(H,25,27)(H,26,28). The molecule has 0 radical (unpaired) electrons. The second-order valence-electron chi connectivity index (χ2n) is 6.54. The van der Waals surface area contributed by atoms with E-state index in [-0.39, 0.29) is 11.8 Å². The third-order valence-electron chi connectivity index (χ3n) is 4.53. The van der Waals surface area contributed by atoms with Crippen molar-refractivity contribution in [3.05, 3.63) is 72.8 Å². The molecular formula is C24H24N2O2. The summed E-state index contributed by atoms with van der Waals surface area (Å²) in [6, 6.07) is 24.0. The molecule has 0 heterocycles. The highest BCUT2D eigenvalue weighted by molar-refractivity contribution is 5.91. The Kier molecular flexibility index (Phi) is 6.22. The van der Waals surface area contributed by atoms with Gasteiger partial charge in [0.2, 0.25) is 11.8 Å². The number of hydrogen-bond donors (Lipinski definition) is 2. The Balaban J connectivity index is 1.71. The summed E-state index contributed by atoms with van der Waals surface area (Å²) in [6.07, 6.45) is 0.935. The summed E-state index contributed by atoms with van der Waals surface area (Å²) < 4.78 is 0. The lowest BCUT2D eigenvalue weighted by molar-refractivity contribution is -0.116. The zero-order valence-corrected chi connectivity index (χ0v) is 16.2. The molecular weight excluding hydrogens is 348 g/mol. The van der Waals surface area contributed by atoms with Crippen molar-refractivity contribution in [2.24, 2.45) is 0 Å². The largest absolute Gasteiger partial charge is 0.326 e. The number of carbonyl (C=O) groups is 2. The molecule has 4 nitrogen and oxygen atoms in total. The second kappa shape index (κ2) is 9.00. The number of amides is 2. The Hall–Kier alpha value is -3.40. The summed E-state index contributed by atoms with van der Waals surface area (Å²) >= 11 is 0. The van der Waals surface area contributed by atoms with Crippen molar-refractivity contribution < 1.29 is 9.59 Å². The lowest BCUT2D eigenvalue weighted by Crippen LogP contribution is -2.09. The molecule has 0 unspecified atom stereocenters. The zero-order valence-electron chi connectivity index (χ0n) is 16.2. The van der Waals surface area contributed by atoms with Gasteiger partial charge in [-0.25, -0.2) is 0 Å². The van der Waals surface area contributed by atoms with Crippen LogP contribution < -0.4 is 10.6 Å². The van der Waals surface area contributed by atoms with Crippen molar-refractivity contribution in [3.8, 4) is 22.3 Å². The number of rotatable bonds is 6. The Bertz CT molecular complexity index is 863. The maximum atomic E-state index is 11.5. The number of carbonyl (C=O) groups excluding carboxylic acids is 2. The first-order valence-corrected chi connectivity index (χ1v) is 9.49. The average molecular weight is 372 g/mol. The SMILES string of the molecule is CCC(=O)Nc1ccc(-c2ccc(-c3ccc(NC(=O)CC)cc3)cc2)cc1. The van der Waals surface area contributed by atoms with Crippen molar-refractivity contribution in [2.45, 2.75) is 26.7 Å². The van der Waals surface area contributed by atoms with Crippen molar-refractivity contribution >= 4 is 23.2 Å². The van der Waals surface area contributed by atoms with Crippen LogP contribution in [-0.4, -0.2) is 11.8 Å². The highest BCUT2D eigenvalue weighted by atomic mass is 16.2. The second-order valence-corrected chi connectivity index (χ2v) is 6.54. The van der Waals surface area contributed by atoms with Gasteiger partial charge in [-0.2, -0.15) is 0 Å². The third-order valence-corrected chi connectivity index (χ3v) is 4.53. The molecule has 4 heteroatoms. The first-order valence-electron chi connectivity index (χ1n) is 9.49. The minimum Gasteiger partial charge on any atom is -0.326 e. The Morgan fingerprint density at radius 2 is 0.786 bits per heavy atom. The zero-order chi connectivity index (χ0) is 19.9. The molecule has 0 aliphatic heterocycles. The lowest BCUT2D eigenvalue weighted by atomic mass is 10.00. The van der Waals surface area contributed by atoms with E-state index in [2.05, 4.69) is 34.9 Å². The molecule has 0 spiro atoms. The fourth-order valence-electron chi connectivity index (χ4n) is 2.85. The van der Waals surface area contributed by atoms with E-state index in [1.165, 1.54) is 0 Å². The summed E-state index contributed by atoms with van der Waals surface area (Å²) in [5.41, 5.74) is 6.04. The van der Waals surface area contributed by atoms with Gasteiger partial charge in [-0.3, -0.25) is 9.59 Å². The van der Waals surface area contributed by atoms with E-state index in [1.807, 2.05) is 62.4 Å². The molecule has 0 aromatic heterocycles. The first-order chi connectivity index (χ1) is 13.6. The predicted molar refractivity (Wildman–Crippen MR) is 115 cm³/mol. The molecule has 0 aliphatic rings. The van der Waals surface area contributed by atoms with Gasteiger partial charge in [0, 0.05) is 24.2 Å². The van der Waals surface area contributed by atoms with E-state index in [0.29, 0.717) is 12.8 Å². The van der Waals surface area contributed by atoms with Crippen LogP contribution in [0.5, 0.6) is 0 Å². The first kappa shape index (κ1) is 19.4. The van der Waals surface area contributed by atoms with Gasteiger partial charge < -0.3 is 10.6 Å². The number of anilines is 2. The normalized spacial score (nSPS) is 10.4. The van der Waals surface area contributed by atoms with Crippen LogP contribution in [0.4, 0.5) is 11.4 Å². The van der Waals surface area contributed by atoms with Crippen LogP contribution in [0.15, 0.2) is 72.8 Å². The maximum absolute atomic E-state index is 11.5. The highest BCUT2D eigenvalue weighted by Gasteiger charge is 2.04. The van der Waals surface area contributed by atoms with Crippen LogP contribution in [0, 0.1) is 0 Å². The number of benzene rings is 3. The lowest BCUT2D eigenvalue weighted by Gasteiger charge is -2.08. The molecule has 2 amide bonds. The van der Waals surface area contributed by atoms with E-state index in [9.17, 15) is 9.59 Å². The quantitative estimate of drug-likeness (QED) is 0.581. The Morgan fingerprint density at radius 3 is 1.04 bits per heavy atom. The minimum atomic E-state index is 0.0115. The maximum Gasteiger partial charge on any atom is 0.224 e. The van der Waals surface area contributed by atoms with Gasteiger partial charge in [-0.05, 0) is 46.5 Å². The molecule has 3 aromatic rings. The predicted octanol–water partition coefficient (Wildman–Crippen LogP) is 5.72. The van der Waals surface area contributed by atoms with Crippen LogP contribution in [0.1, 0.15) is 26.7 Å². The summed E-state index contributed by atoms with van der Waals surface area (Å²) in [7, 11) is 0. The van der Waals surface area contributed by atoms with Gasteiger partial charge >= 0.3 is 0 Å². The van der Waals surface area contributed by atoms with Gasteiger partial charge in [0.05, 0.1) is 0 Å². The molecule has 142 valence electrons. The number of nitrogens with one attached hydrogen (secondary N) is 2. The van der Waals surface area contributed by atoms with E-state index < -0.39 is 0 Å².